The van der Waals surface area contributed by atoms with Crippen molar-refractivity contribution in [1.82, 2.24) is 15.2 Å². The molecule has 0 spiro atoms. The lowest BCUT2D eigenvalue weighted by Crippen LogP contribution is -2.45. The van der Waals surface area contributed by atoms with Gasteiger partial charge in [-0.15, -0.1) is 0 Å². The molecule has 168 valence electrons. The molecule has 8 heteroatoms. The van der Waals surface area contributed by atoms with E-state index in [2.05, 4.69) is 15.6 Å². The molecule has 1 unspecified atom stereocenters. The second-order valence-electron chi connectivity index (χ2n) is 8.10. The number of benzene rings is 2. The maximum absolute atomic E-state index is 13.3. The van der Waals surface area contributed by atoms with Gasteiger partial charge in [-0.3, -0.25) is 9.59 Å². The van der Waals surface area contributed by atoms with Gasteiger partial charge in [0.1, 0.15) is 5.52 Å². The Morgan fingerprint density at radius 3 is 2.91 bits per heavy atom. The molecule has 32 heavy (non-hydrogen) atoms. The molecular weight excluding hydrogens is 428 g/mol. The van der Waals surface area contributed by atoms with Crippen molar-refractivity contribution in [3.8, 4) is 0 Å². The zero-order valence-corrected chi connectivity index (χ0v) is 18.8. The number of hydrogen-bond acceptors (Lipinski definition) is 5. The standard InChI is InChI=1S/C24H27ClN4O3/c1-16(30)26-11-10-20-7-2-3-12-29(20)23(31)18-8-9-22-21(14-18)28-24(32-22)27-15-17-5-4-6-19(25)13-17/h4-6,8-9,13-14,20H,2-3,7,10-12,15H2,1H3,(H,26,30)(H,27,28). The van der Waals surface area contributed by atoms with Gasteiger partial charge in [-0.25, -0.2) is 0 Å². The predicted molar refractivity (Wildman–Crippen MR) is 125 cm³/mol. The smallest absolute Gasteiger partial charge is 0.295 e. The average Bonchev–Trinajstić information content (AvgIpc) is 3.19. The number of nitrogens with zero attached hydrogens (tertiary/aromatic N) is 2. The molecule has 2 amide bonds. The quantitative estimate of drug-likeness (QED) is 0.544. The van der Waals surface area contributed by atoms with Crippen LogP contribution in [0.1, 0.15) is 48.5 Å². The third-order valence-electron chi connectivity index (χ3n) is 5.71. The fraction of sp³-hybridized carbons (Fsp3) is 0.375. The van der Waals surface area contributed by atoms with Crippen LogP contribution in [0.25, 0.3) is 11.1 Å². The van der Waals surface area contributed by atoms with Gasteiger partial charge >= 0.3 is 0 Å². The van der Waals surface area contributed by atoms with Crippen LogP contribution in [0.2, 0.25) is 5.02 Å². The Morgan fingerprint density at radius 1 is 1.22 bits per heavy atom. The Balaban J connectivity index is 1.45. The van der Waals surface area contributed by atoms with E-state index in [1.54, 1.807) is 18.2 Å². The molecule has 1 aliphatic heterocycles. The van der Waals surface area contributed by atoms with Crippen LogP contribution in [0.5, 0.6) is 0 Å². The van der Waals surface area contributed by atoms with Crippen molar-refractivity contribution in [1.29, 1.82) is 0 Å². The van der Waals surface area contributed by atoms with Gasteiger partial charge in [0.25, 0.3) is 11.9 Å². The summed E-state index contributed by atoms with van der Waals surface area (Å²) in [6.07, 6.45) is 3.80. The van der Waals surface area contributed by atoms with Crippen molar-refractivity contribution in [2.45, 2.75) is 45.2 Å². The number of piperidine rings is 1. The highest BCUT2D eigenvalue weighted by Crippen LogP contribution is 2.25. The number of likely N-dealkylation sites (tertiary alicyclic amines) is 1. The van der Waals surface area contributed by atoms with Crippen LogP contribution in [0.3, 0.4) is 0 Å². The molecule has 1 aromatic heterocycles. The predicted octanol–water partition coefficient (Wildman–Crippen LogP) is 4.61. The maximum atomic E-state index is 13.3. The zero-order chi connectivity index (χ0) is 22.5. The highest BCUT2D eigenvalue weighted by Gasteiger charge is 2.27. The van der Waals surface area contributed by atoms with Gasteiger partial charge in [-0.05, 0) is 61.6 Å². The van der Waals surface area contributed by atoms with Crippen LogP contribution in [-0.4, -0.2) is 40.8 Å². The molecule has 7 nitrogen and oxygen atoms in total. The molecule has 1 aliphatic rings. The number of carbonyl (C=O) groups is 2. The highest BCUT2D eigenvalue weighted by molar-refractivity contribution is 6.30. The molecule has 1 saturated heterocycles. The minimum atomic E-state index is -0.0463. The van der Waals surface area contributed by atoms with Crippen LogP contribution in [-0.2, 0) is 11.3 Å². The SMILES string of the molecule is CC(=O)NCCC1CCCCN1C(=O)c1ccc2oc(NCc3cccc(Cl)c3)nc2c1. The number of fused-ring (bicyclic) bond motifs is 1. The fourth-order valence-corrected chi connectivity index (χ4v) is 4.32. The van der Waals surface area contributed by atoms with Crippen molar-refractivity contribution >= 4 is 40.5 Å². The molecule has 4 rings (SSSR count). The van der Waals surface area contributed by atoms with E-state index in [0.29, 0.717) is 40.8 Å². The minimum absolute atomic E-state index is 0.00383. The third kappa shape index (κ3) is 5.40. The first-order valence-electron chi connectivity index (χ1n) is 10.9. The summed E-state index contributed by atoms with van der Waals surface area (Å²) in [5, 5.41) is 6.67. The van der Waals surface area contributed by atoms with Crippen LogP contribution < -0.4 is 10.6 Å². The van der Waals surface area contributed by atoms with Gasteiger partial charge in [0.2, 0.25) is 5.91 Å². The Kier molecular flexibility index (Phi) is 6.95. The van der Waals surface area contributed by atoms with Crippen molar-refractivity contribution in [3.05, 3.63) is 58.6 Å². The van der Waals surface area contributed by atoms with Gasteiger partial charge < -0.3 is 20.0 Å². The van der Waals surface area contributed by atoms with Crippen molar-refractivity contribution < 1.29 is 14.0 Å². The first kappa shape index (κ1) is 22.1. The molecule has 3 aromatic rings. The molecule has 0 radical (unpaired) electrons. The summed E-state index contributed by atoms with van der Waals surface area (Å²) >= 11 is 6.03. The zero-order valence-electron chi connectivity index (χ0n) is 18.1. The van der Waals surface area contributed by atoms with E-state index < -0.39 is 0 Å². The van der Waals surface area contributed by atoms with Crippen molar-refractivity contribution in [2.75, 3.05) is 18.4 Å². The third-order valence-corrected chi connectivity index (χ3v) is 5.94. The fourth-order valence-electron chi connectivity index (χ4n) is 4.11. The lowest BCUT2D eigenvalue weighted by Gasteiger charge is -2.36. The second-order valence-corrected chi connectivity index (χ2v) is 8.54. The van der Waals surface area contributed by atoms with Gasteiger partial charge in [-0.2, -0.15) is 4.98 Å². The van der Waals surface area contributed by atoms with E-state index in [0.717, 1.165) is 37.8 Å². The van der Waals surface area contributed by atoms with Crippen molar-refractivity contribution in [2.24, 2.45) is 0 Å². The number of nitrogens with one attached hydrogen (secondary N) is 2. The largest absolute Gasteiger partial charge is 0.424 e. The summed E-state index contributed by atoms with van der Waals surface area (Å²) in [5.41, 5.74) is 2.87. The molecule has 2 aromatic carbocycles. The number of halogens is 1. The molecule has 2 heterocycles. The Labute approximate surface area is 192 Å². The van der Waals surface area contributed by atoms with E-state index in [9.17, 15) is 9.59 Å². The van der Waals surface area contributed by atoms with Crippen LogP contribution >= 0.6 is 11.6 Å². The topological polar surface area (TPSA) is 87.5 Å². The first-order valence-corrected chi connectivity index (χ1v) is 11.3. The summed E-state index contributed by atoms with van der Waals surface area (Å²) in [6, 6.07) is 13.5. The molecule has 1 atom stereocenters. The number of aromatic nitrogens is 1. The lowest BCUT2D eigenvalue weighted by molar-refractivity contribution is -0.119. The summed E-state index contributed by atoms with van der Waals surface area (Å²) in [5.74, 6) is -0.0502. The maximum Gasteiger partial charge on any atom is 0.295 e. The van der Waals surface area contributed by atoms with E-state index in [1.165, 1.54) is 6.92 Å². The monoisotopic (exact) mass is 454 g/mol. The Bertz CT molecular complexity index is 1110. The van der Waals surface area contributed by atoms with Crippen molar-refractivity contribution in [3.63, 3.8) is 0 Å². The molecule has 0 bridgehead atoms. The molecule has 2 N–H and O–H groups in total. The number of amides is 2. The summed E-state index contributed by atoms with van der Waals surface area (Å²) in [7, 11) is 0. The molecular formula is C24H27ClN4O3. The molecule has 1 fully saturated rings. The number of hydrogen-bond donors (Lipinski definition) is 2. The molecule has 0 aliphatic carbocycles. The Morgan fingerprint density at radius 2 is 2.09 bits per heavy atom. The van der Waals surface area contributed by atoms with E-state index >= 15 is 0 Å². The van der Waals surface area contributed by atoms with E-state index in [4.69, 9.17) is 16.0 Å². The van der Waals surface area contributed by atoms with E-state index in [-0.39, 0.29) is 17.9 Å². The van der Waals surface area contributed by atoms with Gasteiger partial charge in [0.05, 0.1) is 0 Å². The summed E-state index contributed by atoms with van der Waals surface area (Å²) < 4.78 is 5.78. The number of rotatable bonds is 7. The van der Waals surface area contributed by atoms with Gasteiger partial charge in [0, 0.05) is 43.2 Å². The van der Waals surface area contributed by atoms with Crippen LogP contribution in [0, 0.1) is 0 Å². The number of anilines is 1. The van der Waals surface area contributed by atoms with Gasteiger partial charge in [0.15, 0.2) is 5.58 Å². The highest BCUT2D eigenvalue weighted by atomic mass is 35.5. The van der Waals surface area contributed by atoms with Gasteiger partial charge in [-0.1, -0.05) is 23.7 Å². The lowest BCUT2D eigenvalue weighted by atomic mass is 9.98. The normalized spacial score (nSPS) is 16.2. The average molecular weight is 455 g/mol. The summed E-state index contributed by atoms with van der Waals surface area (Å²) in [6.45, 7) is 3.35. The summed E-state index contributed by atoms with van der Waals surface area (Å²) in [4.78, 5) is 30.9. The minimum Gasteiger partial charge on any atom is -0.424 e. The second kappa shape index (κ2) is 10.0. The van der Waals surface area contributed by atoms with E-state index in [1.807, 2.05) is 29.2 Å². The number of oxazole rings is 1. The van der Waals surface area contributed by atoms with Crippen LogP contribution in [0.15, 0.2) is 46.9 Å². The first-order chi connectivity index (χ1) is 15.5. The molecule has 0 saturated carbocycles. The number of carbonyl (C=O) groups excluding carboxylic acids is 2. The Hall–Kier alpha value is -3.06. The van der Waals surface area contributed by atoms with Crippen LogP contribution in [0.4, 0.5) is 6.01 Å².